The molecule has 0 unspecified atom stereocenters. The van der Waals surface area contributed by atoms with Crippen LogP contribution in [0, 0.1) is 0 Å². The van der Waals surface area contributed by atoms with Crippen molar-refractivity contribution in [3.8, 4) is 39.5 Å². The summed E-state index contributed by atoms with van der Waals surface area (Å²) in [5.74, 6) is 0.682. The molecular weight excluding hydrogens is 631 g/mol. The standard InChI is InChI=1S/C49H33N3/c1-49(2)40-22-12-10-20-37(40)42-35-18-8-9-19-36(35)43-38-21-11-13-23-41(38)52(47(43)44(42)49)48-50-45(33-26-24-31(25-27-33)30-14-4-3-5-15-30)39-29-28-32-16-6-7-17-34(32)46(39)51-48/h3-29H,1-2H3. The molecule has 10 aromatic rings. The maximum atomic E-state index is 5.58. The van der Waals surface area contributed by atoms with E-state index in [4.69, 9.17) is 9.97 Å². The summed E-state index contributed by atoms with van der Waals surface area (Å²) in [6.07, 6.45) is 0. The molecule has 1 aliphatic carbocycles. The number of benzene rings is 8. The Labute approximate surface area is 301 Å². The number of fused-ring (bicyclic) bond motifs is 13. The van der Waals surface area contributed by atoms with Crippen LogP contribution < -0.4 is 0 Å². The summed E-state index contributed by atoms with van der Waals surface area (Å²) in [5, 5.41) is 8.32. The molecule has 1 aliphatic rings. The van der Waals surface area contributed by atoms with E-state index in [-0.39, 0.29) is 5.41 Å². The molecule has 244 valence electrons. The molecule has 2 aromatic heterocycles. The largest absolute Gasteiger partial charge is 0.278 e. The van der Waals surface area contributed by atoms with Crippen molar-refractivity contribution < 1.29 is 0 Å². The Kier molecular flexibility index (Phi) is 6.01. The molecule has 0 saturated heterocycles. The zero-order valence-electron chi connectivity index (χ0n) is 28.9. The van der Waals surface area contributed by atoms with E-state index in [1.807, 2.05) is 0 Å². The first-order chi connectivity index (χ1) is 25.6. The van der Waals surface area contributed by atoms with E-state index in [2.05, 4.69) is 182 Å². The fourth-order valence-electron chi connectivity index (χ4n) is 9.02. The van der Waals surface area contributed by atoms with Gasteiger partial charge in [0.15, 0.2) is 0 Å². The predicted molar refractivity (Wildman–Crippen MR) is 217 cm³/mol. The van der Waals surface area contributed by atoms with Crippen molar-refractivity contribution in [1.29, 1.82) is 0 Å². The van der Waals surface area contributed by atoms with Crippen LogP contribution in [0.5, 0.6) is 0 Å². The quantitative estimate of drug-likeness (QED) is 0.176. The first-order valence-corrected chi connectivity index (χ1v) is 18.0. The molecule has 52 heavy (non-hydrogen) atoms. The van der Waals surface area contributed by atoms with Crippen LogP contribution in [0.25, 0.3) is 93.7 Å². The van der Waals surface area contributed by atoms with Crippen molar-refractivity contribution in [2.24, 2.45) is 0 Å². The minimum Gasteiger partial charge on any atom is -0.278 e. The van der Waals surface area contributed by atoms with E-state index in [1.165, 1.54) is 60.4 Å². The molecule has 0 amide bonds. The van der Waals surface area contributed by atoms with Crippen LogP contribution in [0.4, 0.5) is 0 Å². The SMILES string of the molecule is CC1(C)c2ccccc2-c2c1c1c(c3ccccc23)c2ccccc2n1-c1nc(-c2ccc(-c3ccccc3)cc2)c2ccc3ccccc3c2n1. The molecule has 0 saturated carbocycles. The van der Waals surface area contributed by atoms with Gasteiger partial charge in [0.1, 0.15) is 0 Å². The van der Waals surface area contributed by atoms with Gasteiger partial charge < -0.3 is 0 Å². The summed E-state index contributed by atoms with van der Waals surface area (Å²) in [4.78, 5) is 11.1. The molecule has 0 aliphatic heterocycles. The first-order valence-electron chi connectivity index (χ1n) is 18.0. The molecule has 3 nitrogen and oxygen atoms in total. The Hall–Kier alpha value is -6.58. The van der Waals surface area contributed by atoms with Gasteiger partial charge in [0.05, 0.1) is 22.2 Å². The smallest absolute Gasteiger partial charge is 0.235 e. The molecule has 0 radical (unpaired) electrons. The highest BCUT2D eigenvalue weighted by atomic mass is 15.2. The first kappa shape index (κ1) is 29.2. The average molecular weight is 664 g/mol. The van der Waals surface area contributed by atoms with E-state index in [9.17, 15) is 0 Å². The third-order valence-electron chi connectivity index (χ3n) is 11.4. The maximum Gasteiger partial charge on any atom is 0.235 e. The van der Waals surface area contributed by atoms with E-state index in [1.54, 1.807) is 0 Å². The second kappa shape index (κ2) is 10.7. The van der Waals surface area contributed by atoms with Gasteiger partial charge in [-0.1, -0.05) is 166 Å². The molecule has 3 heteroatoms. The van der Waals surface area contributed by atoms with Crippen LogP contribution in [-0.4, -0.2) is 14.5 Å². The predicted octanol–water partition coefficient (Wildman–Crippen LogP) is 12.7. The van der Waals surface area contributed by atoms with E-state index in [0.717, 1.165) is 38.4 Å². The molecule has 11 rings (SSSR count). The van der Waals surface area contributed by atoms with Crippen LogP contribution in [0.3, 0.4) is 0 Å². The van der Waals surface area contributed by atoms with Crippen molar-refractivity contribution >= 4 is 54.3 Å². The number of aromatic nitrogens is 3. The topological polar surface area (TPSA) is 30.7 Å². The van der Waals surface area contributed by atoms with Gasteiger partial charge in [0, 0.05) is 32.5 Å². The molecule has 8 aromatic carbocycles. The lowest BCUT2D eigenvalue weighted by Gasteiger charge is -2.24. The van der Waals surface area contributed by atoms with Crippen LogP contribution in [0.1, 0.15) is 25.0 Å². The second-order valence-corrected chi connectivity index (χ2v) is 14.5. The summed E-state index contributed by atoms with van der Waals surface area (Å²) >= 11 is 0. The number of nitrogens with zero attached hydrogens (tertiary/aromatic N) is 3. The zero-order valence-corrected chi connectivity index (χ0v) is 28.9. The van der Waals surface area contributed by atoms with Gasteiger partial charge in [0.2, 0.25) is 5.95 Å². The van der Waals surface area contributed by atoms with Crippen LogP contribution in [0.15, 0.2) is 164 Å². The number of hydrogen-bond acceptors (Lipinski definition) is 2. The van der Waals surface area contributed by atoms with Gasteiger partial charge in [-0.25, -0.2) is 9.97 Å². The fourth-order valence-corrected chi connectivity index (χ4v) is 9.02. The molecule has 0 N–H and O–H groups in total. The van der Waals surface area contributed by atoms with Crippen LogP contribution >= 0.6 is 0 Å². The highest BCUT2D eigenvalue weighted by molar-refractivity contribution is 6.27. The minimum absolute atomic E-state index is 0.250. The van der Waals surface area contributed by atoms with E-state index in [0.29, 0.717) is 5.95 Å². The Morgan fingerprint density at radius 3 is 1.94 bits per heavy atom. The second-order valence-electron chi connectivity index (χ2n) is 14.5. The summed E-state index contributed by atoms with van der Waals surface area (Å²) < 4.78 is 2.37. The Morgan fingerprint density at radius 1 is 0.481 bits per heavy atom. The third kappa shape index (κ3) is 3.96. The maximum absolute atomic E-state index is 5.58. The van der Waals surface area contributed by atoms with E-state index >= 15 is 0 Å². The molecule has 0 fully saturated rings. The average Bonchev–Trinajstić information content (AvgIpc) is 3.67. The van der Waals surface area contributed by atoms with Crippen molar-refractivity contribution in [3.63, 3.8) is 0 Å². The molecule has 0 spiro atoms. The van der Waals surface area contributed by atoms with Crippen molar-refractivity contribution in [2.45, 2.75) is 19.3 Å². The summed E-state index contributed by atoms with van der Waals surface area (Å²) in [6.45, 7) is 4.75. The van der Waals surface area contributed by atoms with Crippen LogP contribution in [-0.2, 0) is 5.41 Å². The van der Waals surface area contributed by atoms with Gasteiger partial charge in [-0.05, 0) is 61.7 Å². The summed E-state index contributed by atoms with van der Waals surface area (Å²) in [5.41, 5.74) is 12.7. The zero-order chi connectivity index (χ0) is 34.6. The highest BCUT2D eigenvalue weighted by Crippen LogP contribution is 2.56. The lowest BCUT2D eigenvalue weighted by Crippen LogP contribution is -2.17. The van der Waals surface area contributed by atoms with Gasteiger partial charge in [-0.2, -0.15) is 0 Å². The Balaban J connectivity index is 1.30. The lowest BCUT2D eigenvalue weighted by atomic mass is 9.80. The molecule has 2 heterocycles. The summed E-state index contributed by atoms with van der Waals surface area (Å²) in [7, 11) is 0. The molecule has 0 atom stereocenters. The number of rotatable bonds is 3. The van der Waals surface area contributed by atoms with Gasteiger partial charge in [-0.3, -0.25) is 4.57 Å². The normalized spacial score (nSPS) is 13.3. The number of para-hydroxylation sites is 1. The molecular formula is C49H33N3. The lowest BCUT2D eigenvalue weighted by molar-refractivity contribution is 0.664. The van der Waals surface area contributed by atoms with E-state index < -0.39 is 0 Å². The Bertz CT molecular complexity index is 3080. The Morgan fingerprint density at radius 2 is 1.12 bits per heavy atom. The van der Waals surface area contributed by atoms with Crippen molar-refractivity contribution in [3.05, 3.63) is 175 Å². The van der Waals surface area contributed by atoms with Gasteiger partial charge in [-0.15, -0.1) is 0 Å². The van der Waals surface area contributed by atoms with Crippen molar-refractivity contribution in [2.75, 3.05) is 0 Å². The van der Waals surface area contributed by atoms with Gasteiger partial charge >= 0.3 is 0 Å². The molecule has 0 bridgehead atoms. The fraction of sp³-hybridized carbons (Fsp3) is 0.0612. The van der Waals surface area contributed by atoms with Crippen molar-refractivity contribution in [1.82, 2.24) is 14.5 Å². The monoisotopic (exact) mass is 663 g/mol. The van der Waals surface area contributed by atoms with Crippen LogP contribution in [0.2, 0.25) is 0 Å². The highest BCUT2D eigenvalue weighted by Gasteiger charge is 2.40. The summed E-state index contributed by atoms with van der Waals surface area (Å²) in [6, 6.07) is 59.0. The van der Waals surface area contributed by atoms with Gasteiger partial charge in [0.25, 0.3) is 0 Å². The number of hydrogen-bond donors (Lipinski definition) is 0. The third-order valence-corrected chi connectivity index (χ3v) is 11.4. The minimum atomic E-state index is -0.250.